The van der Waals surface area contributed by atoms with Crippen LogP contribution in [0, 0.1) is 12.8 Å². The number of nitrogens with zero attached hydrogens (tertiary/aromatic N) is 2. The van der Waals surface area contributed by atoms with Gasteiger partial charge in [0, 0.05) is 23.7 Å². The topological polar surface area (TPSA) is 37.8 Å². The van der Waals surface area contributed by atoms with Crippen LogP contribution in [0.5, 0.6) is 0 Å². The van der Waals surface area contributed by atoms with E-state index in [0.29, 0.717) is 5.92 Å². The first-order chi connectivity index (χ1) is 10.0. The summed E-state index contributed by atoms with van der Waals surface area (Å²) in [5.41, 5.74) is 3.23. The molecule has 0 unspecified atom stereocenters. The van der Waals surface area contributed by atoms with Gasteiger partial charge in [-0.2, -0.15) is 0 Å². The van der Waals surface area contributed by atoms with Gasteiger partial charge in [0.15, 0.2) is 0 Å². The number of hydrogen-bond acceptors (Lipinski definition) is 3. The van der Waals surface area contributed by atoms with Crippen molar-refractivity contribution in [3.63, 3.8) is 0 Å². The third kappa shape index (κ3) is 5.44. The standard InChI is InChI=1S/C17H22ClN3/c1-12(2)10-19-11-16-8-13(3)20-17(21-16)9-14-4-6-15(18)7-5-14/h4-8,12,19H,9-11H2,1-3H3. The van der Waals surface area contributed by atoms with Gasteiger partial charge >= 0.3 is 0 Å². The molecule has 1 aromatic carbocycles. The van der Waals surface area contributed by atoms with Gasteiger partial charge in [0.1, 0.15) is 5.82 Å². The Morgan fingerprint density at radius 2 is 1.86 bits per heavy atom. The zero-order valence-electron chi connectivity index (χ0n) is 12.9. The van der Waals surface area contributed by atoms with Crippen molar-refractivity contribution in [1.82, 2.24) is 15.3 Å². The van der Waals surface area contributed by atoms with E-state index in [2.05, 4.69) is 29.1 Å². The highest BCUT2D eigenvalue weighted by atomic mass is 35.5. The minimum atomic E-state index is 0.640. The number of rotatable bonds is 6. The molecule has 4 heteroatoms. The lowest BCUT2D eigenvalue weighted by molar-refractivity contribution is 0.547. The van der Waals surface area contributed by atoms with Crippen molar-refractivity contribution in [3.05, 3.63) is 58.1 Å². The molecule has 112 valence electrons. The van der Waals surface area contributed by atoms with Gasteiger partial charge < -0.3 is 5.32 Å². The molecular weight excluding hydrogens is 282 g/mol. The summed E-state index contributed by atoms with van der Waals surface area (Å²) in [6.45, 7) is 8.19. The molecule has 0 bridgehead atoms. The second-order valence-corrected chi connectivity index (χ2v) is 6.18. The smallest absolute Gasteiger partial charge is 0.133 e. The summed E-state index contributed by atoms with van der Waals surface area (Å²) >= 11 is 5.91. The van der Waals surface area contributed by atoms with E-state index in [4.69, 9.17) is 11.6 Å². The Morgan fingerprint density at radius 1 is 1.14 bits per heavy atom. The molecule has 1 aromatic heterocycles. The van der Waals surface area contributed by atoms with Gasteiger partial charge in [0.2, 0.25) is 0 Å². The fourth-order valence-electron chi connectivity index (χ4n) is 2.14. The van der Waals surface area contributed by atoms with Crippen molar-refractivity contribution in [2.75, 3.05) is 6.54 Å². The third-order valence-corrected chi connectivity index (χ3v) is 3.34. The van der Waals surface area contributed by atoms with E-state index in [1.807, 2.05) is 37.3 Å². The summed E-state index contributed by atoms with van der Waals surface area (Å²) in [4.78, 5) is 9.16. The van der Waals surface area contributed by atoms with Crippen LogP contribution in [0.1, 0.15) is 36.6 Å². The van der Waals surface area contributed by atoms with Crippen molar-refractivity contribution in [3.8, 4) is 0 Å². The highest BCUT2D eigenvalue weighted by Gasteiger charge is 2.04. The first-order valence-corrected chi connectivity index (χ1v) is 7.69. The molecule has 3 nitrogen and oxygen atoms in total. The Balaban J connectivity index is 2.05. The van der Waals surface area contributed by atoms with Crippen LogP contribution in [0.15, 0.2) is 30.3 Å². The number of nitrogens with one attached hydrogen (secondary N) is 1. The van der Waals surface area contributed by atoms with E-state index in [-0.39, 0.29) is 0 Å². The molecule has 0 saturated heterocycles. The lowest BCUT2D eigenvalue weighted by atomic mass is 10.1. The molecule has 21 heavy (non-hydrogen) atoms. The van der Waals surface area contributed by atoms with Gasteiger partial charge in [0.05, 0.1) is 5.69 Å². The van der Waals surface area contributed by atoms with E-state index in [0.717, 1.165) is 41.7 Å². The Bertz CT molecular complexity index is 579. The van der Waals surface area contributed by atoms with Crippen LogP contribution >= 0.6 is 11.6 Å². The van der Waals surface area contributed by atoms with Crippen molar-refractivity contribution < 1.29 is 0 Å². The number of hydrogen-bond donors (Lipinski definition) is 1. The maximum atomic E-state index is 5.91. The Kier molecular flexibility index (Phi) is 5.71. The fraction of sp³-hybridized carbons (Fsp3) is 0.412. The monoisotopic (exact) mass is 303 g/mol. The first kappa shape index (κ1) is 15.9. The molecule has 0 fully saturated rings. The van der Waals surface area contributed by atoms with Crippen molar-refractivity contribution in [2.45, 2.75) is 33.7 Å². The predicted molar refractivity (Wildman–Crippen MR) is 87.6 cm³/mol. The quantitative estimate of drug-likeness (QED) is 0.882. The van der Waals surface area contributed by atoms with Crippen LogP contribution in [0.25, 0.3) is 0 Å². The molecule has 1 N–H and O–H groups in total. The van der Waals surface area contributed by atoms with E-state index in [1.165, 1.54) is 5.56 Å². The molecule has 2 rings (SSSR count). The van der Waals surface area contributed by atoms with E-state index < -0.39 is 0 Å². The van der Waals surface area contributed by atoms with E-state index in [1.54, 1.807) is 0 Å². The summed E-state index contributed by atoms with van der Waals surface area (Å²) in [5, 5.41) is 4.17. The fourth-order valence-corrected chi connectivity index (χ4v) is 2.27. The van der Waals surface area contributed by atoms with Crippen molar-refractivity contribution >= 4 is 11.6 Å². The van der Waals surface area contributed by atoms with Gasteiger partial charge in [-0.25, -0.2) is 9.97 Å². The maximum absolute atomic E-state index is 5.91. The molecule has 0 amide bonds. The average Bonchev–Trinajstić information content (AvgIpc) is 2.40. The van der Waals surface area contributed by atoms with E-state index >= 15 is 0 Å². The van der Waals surface area contributed by atoms with Gasteiger partial charge in [0.25, 0.3) is 0 Å². The number of benzene rings is 1. The van der Waals surface area contributed by atoms with E-state index in [9.17, 15) is 0 Å². The lowest BCUT2D eigenvalue weighted by Crippen LogP contribution is -2.20. The third-order valence-electron chi connectivity index (χ3n) is 3.09. The summed E-state index contributed by atoms with van der Waals surface area (Å²) in [6, 6.07) is 9.88. The predicted octanol–water partition coefficient (Wildman–Crippen LogP) is 3.77. The normalized spacial score (nSPS) is 11.1. The minimum absolute atomic E-state index is 0.640. The number of halogens is 1. The molecule has 2 aromatic rings. The lowest BCUT2D eigenvalue weighted by Gasteiger charge is -2.09. The summed E-state index contributed by atoms with van der Waals surface area (Å²) in [6.07, 6.45) is 0.732. The Hall–Kier alpha value is -1.45. The molecule has 0 radical (unpaired) electrons. The van der Waals surface area contributed by atoms with Gasteiger partial charge in [-0.1, -0.05) is 37.6 Å². The summed E-state index contributed by atoms with van der Waals surface area (Å²) in [5.74, 6) is 1.50. The second-order valence-electron chi connectivity index (χ2n) is 5.74. The Labute approximate surface area is 131 Å². The van der Waals surface area contributed by atoms with Crippen LogP contribution in [0.3, 0.4) is 0 Å². The maximum Gasteiger partial charge on any atom is 0.133 e. The summed E-state index contributed by atoms with van der Waals surface area (Å²) in [7, 11) is 0. The van der Waals surface area contributed by atoms with Crippen molar-refractivity contribution in [2.24, 2.45) is 5.92 Å². The van der Waals surface area contributed by atoms with Crippen LogP contribution in [-0.4, -0.2) is 16.5 Å². The molecule has 0 saturated carbocycles. The average molecular weight is 304 g/mol. The second kappa shape index (κ2) is 7.53. The molecule has 0 aliphatic rings. The number of aromatic nitrogens is 2. The zero-order valence-corrected chi connectivity index (χ0v) is 13.6. The molecule has 0 spiro atoms. The largest absolute Gasteiger partial charge is 0.311 e. The van der Waals surface area contributed by atoms with Crippen LogP contribution in [0.2, 0.25) is 5.02 Å². The van der Waals surface area contributed by atoms with Gasteiger partial charge in [-0.05, 0) is 43.1 Å². The van der Waals surface area contributed by atoms with Gasteiger partial charge in [-0.15, -0.1) is 0 Å². The Morgan fingerprint density at radius 3 is 2.52 bits per heavy atom. The highest BCUT2D eigenvalue weighted by molar-refractivity contribution is 6.30. The van der Waals surface area contributed by atoms with Crippen LogP contribution in [-0.2, 0) is 13.0 Å². The van der Waals surface area contributed by atoms with Crippen LogP contribution in [0.4, 0.5) is 0 Å². The molecule has 1 heterocycles. The van der Waals surface area contributed by atoms with Crippen LogP contribution < -0.4 is 5.32 Å². The highest BCUT2D eigenvalue weighted by Crippen LogP contribution is 2.12. The molecule has 0 atom stereocenters. The zero-order chi connectivity index (χ0) is 15.2. The summed E-state index contributed by atoms with van der Waals surface area (Å²) < 4.78 is 0. The molecule has 0 aliphatic heterocycles. The van der Waals surface area contributed by atoms with Gasteiger partial charge in [-0.3, -0.25) is 0 Å². The molecule has 0 aliphatic carbocycles. The number of aryl methyl sites for hydroxylation is 1. The minimum Gasteiger partial charge on any atom is -0.311 e. The SMILES string of the molecule is Cc1cc(CNCC(C)C)nc(Cc2ccc(Cl)cc2)n1. The van der Waals surface area contributed by atoms with Crippen molar-refractivity contribution in [1.29, 1.82) is 0 Å². The first-order valence-electron chi connectivity index (χ1n) is 7.31. The molecular formula is C17H22ClN3.